The van der Waals surface area contributed by atoms with Crippen LogP contribution in [0.4, 0.5) is 5.69 Å². The van der Waals surface area contributed by atoms with Gasteiger partial charge in [-0.15, -0.1) is 0 Å². The van der Waals surface area contributed by atoms with Gasteiger partial charge in [-0.05, 0) is 42.3 Å². The number of ether oxygens (including phenoxy) is 1. The van der Waals surface area contributed by atoms with Crippen LogP contribution in [0.2, 0.25) is 0 Å². The van der Waals surface area contributed by atoms with Gasteiger partial charge >= 0.3 is 0 Å². The highest BCUT2D eigenvalue weighted by atomic mass is 16.5. The molecule has 3 aromatic rings. The lowest BCUT2D eigenvalue weighted by atomic mass is 9.64. The molecular formula is C23H21NO2. The minimum absolute atomic E-state index is 0.0491. The third-order valence-electron chi connectivity index (χ3n) is 5.31. The Kier molecular flexibility index (Phi) is 4.00. The molecule has 4 rings (SSSR count). The lowest BCUT2D eigenvalue weighted by Crippen LogP contribution is -2.65. The molecule has 130 valence electrons. The molecule has 3 aromatic carbocycles. The minimum atomic E-state index is -0.581. The highest BCUT2D eigenvalue weighted by molar-refractivity contribution is 6.09. The number of carbonyl (C=O) groups excluding carboxylic acids is 1. The molecule has 0 spiro atoms. The average Bonchev–Trinajstić information content (AvgIpc) is 2.72. The van der Waals surface area contributed by atoms with Crippen LogP contribution in [-0.4, -0.2) is 13.0 Å². The monoisotopic (exact) mass is 343 g/mol. The SMILES string of the molecule is COc1ccc(N2C(=O)[C@@](C)(c3ccccc3)[C@@H]2c2ccccc2)cc1. The van der Waals surface area contributed by atoms with Gasteiger partial charge in [0.1, 0.15) is 5.75 Å². The van der Waals surface area contributed by atoms with E-state index < -0.39 is 5.41 Å². The van der Waals surface area contributed by atoms with Gasteiger partial charge in [0.2, 0.25) is 5.91 Å². The van der Waals surface area contributed by atoms with E-state index in [0.29, 0.717) is 0 Å². The molecule has 0 bridgehead atoms. The Hall–Kier alpha value is -3.07. The smallest absolute Gasteiger partial charge is 0.240 e. The van der Waals surface area contributed by atoms with Crippen molar-refractivity contribution in [3.63, 3.8) is 0 Å². The van der Waals surface area contributed by atoms with Crippen molar-refractivity contribution in [3.05, 3.63) is 96.1 Å². The zero-order valence-corrected chi connectivity index (χ0v) is 14.9. The highest BCUT2D eigenvalue weighted by Gasteiger charge is 2.59. The van der Waals surface area contributed by atoms with Gasteiger partial charge in [-0.3, -0.25) is 4.79 Å². The molecule has 1 fully saturated rings. The Morgan fingerprint density at radius 1 is 0.846 bits per heavy atom. The maximum Gasteiger partial charge on any atom is 0.240 e. The van der Waals surface area contributed by atoms with Crippen molar-refractivity contribution in [1.82, 2.24) is 0 Å². The van der Waals surface area contributed by atoms with Crippen LogP contribution in [0.15, 0.2) is 84.9 Å². The summed E-state index contributed by atoms with van der Waals surface area (Å²) >= 11 is 0. The second-order valence-corrected chi connectivity index (χ2v) is 6.75. The first kappa shape index (κ1) is 16.4. The van der Waals surface area contributed by atoms with E-state index in [4.69, 9.17) is 4.74 Å². The van der Waals surface area contributed by atoms with E-state index >= 15 is 0 Å². The maximum absolute atomic E-state index is 13.3. The summed E-state index contributed by atoms with van der Waals surface area (Å²) < 4.78 is 5.25. The van der Waals surface area contributed by atoms with E-state index in [1.165, 1.54) is 0 Å². The predicted molar refractivity (Wildman–Crippen MR) is 103 cm³/mol. The van der Waals surface area contributed by atoms with Gasteiger partial charge in [-0.2, -0.15) is 0 Å². The quantitative estimate of drug-likeness (QED) is 0.640. The molecule has 0 N–H and O–H groups in total. The number of carbonyl (C=O) groups is 1. The molecule has 1 saturated heterocycles. The molecule has 1 aliphatic heterocycles. The molecule has 0 aromatic heterocycles. The van der Waals surface area contributed by atoms with Crippen molar-refractivity contribution in [2.75, 3.05) is 12.0 Å². The number of benzene rings is 3. The average molecular weight is 343 g/mol. The Morgan fingerprint density at radius 2 is 1.42 bits per heavy atom. The normalized spacial score (nSPS) is 22.0. The van der Waals surface area contributed by atoms with Crippen molar-refractivity contribution < 1.29 is 9.53 Å². The molecule has 0 aliphatic carbocycles. The first-order valence-electron chi connectivity index (χ1n) is 8.74. The van der Waals surface area contributed by atoms with E-state index in [0.717, 1.165) is 22.6 Å². The largest absolute Gasteiger partial charge is 0.497 e. The molecule has 0 unspecified atom stereocenters. The zero-order valence-electron chi connectivity index (χ0n) is 14.9. The Bertz CT molecular complexity index is 906. The zero-order chi connectivity index (χ0) is 18.1. The Balaban J connectivity index is 1.81. The van der Waals surface area contributed by atoms with Crippen LogP contribution in [0, 0.1) is 0 Å². The summed E-state index contributed by atoms with van der Waals surface area (Å²) in [7, 11) is 1.64. The van der Waals surface area contributed by atoms with Gasteiger partial charge < -0.3 is 9.64 Å². The number of anilines is 1. The number of rotatable bonds is 4. The van der Waals surface area contributed by atoms with Crippen LogP contribution >= 0.6 is 0 Å². The van der Waals surface area contributed by atoms with E-state index in [2.05, 4.69) is 12.1 Å². The van der Waals surface area contributed by atoms with Gasteiger partial charge in [-0.1, -0.05) is 60.7 Å². The first-order chi connectivity index (χ1) is 12.7. The standard InChI is InChI=1S/C23H21NO2/c1-23(18-11-7-4-8-12-18)21(17-9-5-3-6-10-17)24(22(23)25)19-13-15-20(26-2)16-14-19/h3-16,21H,1-2H3/t21-,23-/m0/s1. The Labute approximate surface area is 153 Å². The summed E-state index contributed by atoms with van der Waals surface area (Å²) in [6.45, 7) is 2.04. The maximum atomic E-state index is 13.3. The van der Waals surface area contributed by atoms with E-state index in [1.54, 1.807) is 7.11 Å². The summed E-state index contributed by atoms with van der Waals surface area (Å²) in [6, 6.07) is 27.9. The van der Waals surface area contributed by atoms with Crippen LogP contribution in [0.25, 0.3) is 0 Å². The summed E-state index contributed by atoms with van der Waals surface area (Å²) in [6.07, 6.45) is 0. The fourth-order valence-corrected chi connectivity index (χ4v) is 3.87. The number of amides is 1. The van der Waals surface area contributed by atoms with Crippen molar-refractivity contribution in [1.29, 1.82) is 0 Å². The second kappa shape index (κ2) is 6.34. The van der Waals surface area contributed by atoms with Crippen LogP contribution in [-0.2, 0) is 10.2 Å². The van der Waals surface area contributed by atoms with Gasteiger partial charge in [0.25, 0.3) is 0 Å². The first-order valence-corrected chi connectivity index (χ1v) is 8.74. The number of hydrogen-bond donors (Lipinski definition) is 0. The van der Waals surface area contributed by atoms with Crippen molar-refractivity contribution >= 4 is 11.6 Å². The third-order valence-corrected chi connectivity index (χ3v) is 5.31. The molecule has 0 saturated carbocycles. The summed E-state index contributed by atoms with van der Waals surface area (Å²) in [5.74, 6) is 0.895. The third kappa shape index (κ3) is 2.39. The summed E-state index contributed by atoms with van der Waals surface area (Å²) in [5, 5.41) is 0. The van der Waals surface area contributed by atoms with Crippen LogP contribution in [0.3, 0.4) is 0 Å². The van der Waals surface area contributed by atoms with Crippen LogP contribution < -0.4 is 9.64 Å². The van der Waals surface area contributed by atoms with E-state index in [1.807, 2.05) is 84.6 Å². The second-order valence-electron chi connectivity index (χ2n) is 6.75. The van der Waals surface area contributed by atoms with Gasteiger partial charge in [0.15, 0.2) is 0 Å². The van der Waals surface area contributed by atoms with Crippen molar-refractivity contribution in [2.24, 2.45) is 0 Å². The summed E-state index contributed by atoms with van der Waals surface area (Å²) in [5.41, 5.74) is 2.48. The molecule has 1 heterocycles. The van der Waals surface area contributed by atoms with Crippen LogP contribution in [0.1, 0.15) is 24.1 Å². The lowest BCUT2D eigenvalue weighted by Gasteiger charge is -2.55. The van der Waals surface area contributed by atoms with Crippen molar-refractivity contribution in [2.45, 2.75) is 18.4 Å². The molecular weight excluding hydrogens is 322 g/mol. The minimum Gasteiger partial charge on any atom is -0.497 e. The molecule has 3 heteroatoms. The van der Waals surface area contributed by atoms with Gasteiger partial charge in [0, 0.05) is 5.69 Å². The van der Waals surface area contributed by atoms with Gasteiger partial charge in [-0.25, -0.2) is 0 Å². The molecule has 1 aliphatic rings. The van der Waals surface area contributed by atoms with Crippen LogP contribution in [0.5, 0.6) is 5.75 Å². The molecule has 26 heavy (non-hydrogen) atoms. The Morgan fingerprint density at radius 3 is 2.00 bits per heavy atom. The number of nitrogens with zero attached hydrogens (tertiary/aromatic N) is 1. The number of β-lactam (4-membered cyclic amide) rings is 1. The molecule has 3 nitrogen and oxygen atoms in total. The lowest BCUT2D eigenvalue weighted by molar-refractivity contribution is -0.132. The topological polar surface area (TPSA) is 29.5 Å². The highest BCUT2D eigenvalue weighted by Crippen LogP contribution is 2.53. The molecule has 0 radical (unpaired) electrons. The fourth-order valence-electron chi connectivity index (χ4n) is 3.87. The fraction of sp³-hybridized carbons (Fsp3) is 0.174. The van der Waals surface area contributed by atoms with E-state index in [-0.39, 0.29) is 11.9 Å². The van der Waals surface area contributed by atoms with E-state index in [9.17, 15) is 4.79 Å². The number of hydrogen-bond acceptors (Lipinski definition) is 2. The number of methoxy groups -OCH3 is 1. The van der Waals surface area contributed by atoms with Gasteiger partial charge in [0.05, 0.1) is 18.6 Å². The molecule has 1 amide bonds. The summed E-state index contributed by atoms with van der Waals surface area (Å²) in [4.78, 5) is 15.2. The van der Waals surface area contributed by atoms with Crippen molar-refractivity contribution in [3.8, 4) is 5.75 Å². The molecule has 2 atom stereocenters. The predicted octanol–water partition coefficient (Wildman–Crippen LogP) is 4.74.